The molecular formula is C22H32N2O3. The molecule has 2 amide bonds. The summed E-state index contributed by atoms with van der Waals surface area (Å²) < 4.78 is 5.70. The Labute approximate surface area is 162 Å². The van der Waals surface area contributed by atoms with Crippen molar-refractivity contribution in [1.29, 1.82) is 0 Å². The zero-order valence-corrected chi connectivity index (χ0v) is 16.4. The van der Waals surface area contributed by atoms with Crippen LogP contribution in [-0.2, 0) is 9.59 Å². The van der Waals surface area contributed by atoms with Gasteiger partial charge in [-0.2, -0.15) is 0 Å². The first kappa shape index (κ1) is 19.7. The third-order valence-corrected chi connectivity index (χ3v) is 5.87. The molecule has 0 unspecified atom stereocenters. The molecule has 0 radical (unpaired) electrons. The highest BCUT2D eigenvalue weighted by Crippen LogP contribution is 2.28. The quantitative estimate of drug-likeness (QED) is 0.718. The first-order valence-electron chi connectivity index (χ1n) is 10.4. The Bertz CT molecular complexity index is 611. The summed E-state index contributed by atoms with van der Waals surface area (Å²) in [6.45, 7) is 1.62. The summed E-state index contributed by atoms with van der Waals surface area (Å²) >= 11 is 0. The van der Waals surface area contributed by atoms with Crippen molar-refractivity contribution in [1.82, 2.24) is 9.80 Å². The van der Waals surface area contributed by atoms with E-state index in [1.807, 2.05) is 42.3 Å². The molecule has 1 aromatic rings. The van der Waals surface area contributed by atoms with E-state index in [9.17, 15) is 9.59 Å². The molecule has 148 valence electrons. The number of carbonyl (C=O) groups is 2. The number of para-hydroxylation sites is 1. The van der Waals surface area contributed by atoms with E-state index in [1.54, 1.807) is 4.90 Å². The lowest BCUT2D eigenvalue weighted by Crippen LogP contribution is -2.50. The lowest BCUT2D eigenvalue weighted by atomic mass is 9.93. The lowest BCUT2D eigenvalue weighted by Gasteiger charge is -2.38. The average molecular weight is 373 g/mol. The van der Waals surface area contributed by atoms with Crippen LogP contribution in [0.4, 0.5) is 0 Å². The number of benzene rings is 1. The summed E-state index contributed by atoms with van der Waals surface area (Å²) in [6.07, 6.45) is 8.29. The van der Waals surface area contributed by atoms with E-state index in [0.717, 1.165) is 18.6 Å². The molecule has 5 heteroatoms. The topological polar surface area (TPSA) is 49.9 Å². The molecule has 0 spiro atoms. The van der Waals surface area contributed by atoms with Crippen molar-refractivity contribution >= 4 is 11.8 Å². The number of rotatable bonds is 6. The molecule has 0 N–H and O–H groups in total. The largest absolute Gasteiger partial charge is 0.492 e. The number of carbonyl (C=O) groups excluding carboxylic acids is 2. The Balaban J connectivity index is 1.50. The number of amides is 2. The molecule has 1 saturated heterocycles. The van der Waals surface area contributed by atoms with Crippen LogP contribution >= 0.6 is 0 Å². The number of likely N-dealkylation sites (tertiary alicyclic amines) is 1. The summed E-state index contributed by atoms with van der Waals surface area (Å²) in [4.78, 5) is 29.1. The Kier molecular flexibility index (Phi) is 7.13. The first-order valence-corrected chi connectivity index (χ1v) is 10.4. The van der Waals surface area contributed by atoms with Crippen molar-refractivity contribution in [3.63, 3.8) is 0 Å². The Morgan fingerprint density at radius 1 is 1.11 bits per heavy atom. The van der Waals surface area contributed by atoms with Crippen LogP contribution in [-0.4, -0.2) is 54.4 Å². The molecule has 5 nitrogen and oxygen atoms in total. The van der Waals surface area contributed by atoms with Crippen molar-refractivity contribution in [2.75, 3.05) is 26.7 Å². The minimum absolute atomic E-state index is 0.0762. The number of hydrogen-bond acceptors (Lipinski definition) is 3. The minimum Gasteiger partial charge on any atom is -0.492 e. The summed E-state index contributed by atoms with van der Waals surface area (Å²) in [5.74, 6) is 1.12. The SMILES string of the molecule is CN(CCOc1ccccc1)C(=O)[C@H]1CCC(=O)N(C2CCCCCC2)C1. The van der Waals surface area contributed by atoms with Gasteiger partial charge in [0.05, 0.1) is 12.5 Å². The van der Waals surface area contributed by atoms with Gasteiger partial charge >= 0.3 is 0 Å². The Morgan fingerprint density at radius 2 is 1.81 bits per heavy atom. The zero-order valence-electron chi connectivity index (χ0n) is 16.4. The van der Waals surface area contributed by atoms with Crippen molar-refractivity contribution in [3.05, 3.63) is 30.3 Å². The highest BCUT2D eigenvalue weighted by Gasteiger charge is 2.35. The number of ether oxygens (including phenoxy) is 1. The van der Waals surface area contributed by atoms with Crippen molar-refractivity contribution < 1.29 is 14.3 Å². The van der Waals surface area contributed by atoms with Crippen LogP contribution < -0.4 is 4.74 Å². The maximum Gasteiger partial charge on any atom is 0.227 e. The van der Waals surface area contributed by atoms with Gasteiger partial charge in [-0.25, -0.2) is 0 Å². The molecule has 1 aliphatic carbocycles. The Morgan fingerprint density at radius 3 is 2.52 bits per heavy atom. The highest BCUT2D eigenvalue weighted by atomic mass is 16.5. The van der Waals surface area contributed by atoms with Gasteiger partial charge in [0.25, 0.3) is 0 Å². The second kappa shape index (κ2) is 9.77. The molecule has 1 heterocycles. The molecule has 27 heavy (non-hydrogen) atoms. The third-order valence-electron chi connectivity index (χ3n) is 5.87. The van der Waals surface area contributed by atoms with E-state index in [-0.39, 0.29) is 17.7 Å². The lowest BCUT2D eigenvalue weighted by molar-refractivity contribution is -0.144. The fourth-order valence-corrected chi connectivity index (χ4v) is 4.23. The van der Waals surface area contributed by atoms with Gasteiger partial charge < -0.3 is 14.5 Å². The van der Waals surface area contributed by atoms with Crippen LogP contribution in [0.1, 0.15) is 51.4 Å². The molecule has 1 saturated carbocycles. The van der Waals surface area contributed by atoms with Crippen LogP contribution in [0.15, 0.2) is 30.3 Å². The van der Waals surface area contributed by atoms with E-state index in [2.05, 4.69) is 0 Å². The van der Waals surface area contributed by atoms with Gasteiger partial charge in [-0.3, -0.25) is 9.59 Å². The Hall–Kier alpha value is -2.04. The average Bonchev–Trinajstić information content (AvgIpc) is 2.98. The monoisotopic (exact) mass is 372 g/mol. The molecule has 1 atom stereocenters. The third kappa shape index (κ3) is 5.47. The van der Waals surface area contributed by atoms with E-state index in [4.69, 9.17) is 4.74 Å². The predicted molar refractivity (Wildman–Crippen MR) is 106 cm³/mol. The number of nitrogens with zero attached hydrogens (tertiary/aromatic N) is 2. The van der Waals surface area contributed by atoms with Gasteiger partial charge in [0.1, 0.15) is 12.4 Å². The molecule has 0 aromatic heterocycles. The van der Waals surface area contributed by atoms with Crippen molar-refractivity contribution in [2.24, 2.45) is 5.92 Å². The van der Waals surface area contributed by atoms with Gasteiger partial charge in [0.15, 0.2) is 0 Å². The van der Waals surface area contributed by atoms with Crippen LogP contribution in [0.5, 0.6) is 5.75 Å². The van der Waals surface area contributed by atoms with Crippen LogP contribution in [0.3, 0.4) is 0 Å². The highest BCUT2D eigenvalue weighted by molar-refractivity contribution is 5.84. The summed E-state index contributed by atoms with van der Waals surface area (Å²) in [5.41, 5.74) is 0. The second-order valence-corrected chi connectivity index (χ2v) is 7.85. The zero-order chi connectivity index (χ0) is 19.1. The van der Waals surface area contributed by atoms with Crippen LogP contribution in [0, 0.1) is 5.92 Å². The molecule has 2 aliphatic rings. The molecule has 3 rings (SSSR count). The molecular weight excluding hydrogens is 340 g/mol. The number of piperidine rings is 1. The molecule has 0 bridgehead atoms. The first-order chi connectivity index (χ1) is 13.1. The normalized spacial score (nSPS) is 21.6. The predicted octanol–water partition coefficient (Wildman–Crippen LogP) is 3.49. The standard InChI is InChI=1S/C22H32N2O3/c1-23(15-16-27-20-11-7-4-8-12-20)22(26)18-13-14-21(25)24(17-18)19-9-5-2-3-6-10-19/h4,7-8,11-12,18-19H,2-3,5-6,9-10,13-17H2,1H3/t18-/m0/s1. The van der Waals surface area contributed by atoms with Gasteiger partial charge in [-0.1, -0.05) is 43.9 Å². The van der Waals surface area contributed by atoms with E-state index < -0.39 is 0 Å². The molecule has 2 fully saturated rings. The summed E-state index contributed by atoms with van der Waals surface area (Å²) in [6, 6.07) is 9.99. The minimum atomic E-state index is -0.0762. The van der Waals surface area contributed by atoms with Gasteiger partial charge in [0, 0.05) is 26.1 Å². The molecule has 1 aromatic carbocycles. The van der Waals surface area contributed by atoms with Gasteiger partial charge in [0.2, 0.25) is 11.8 Å². The van der Waals surface area contributed by atoms with Crippen LogP contribution in [0.2, 0.25) is 0 Å². The van der Waals surface area contributed by atoms with E-state index in [1.165, 1.54) is 25.7 Å². The number of likely N-dealkylation sites (N-methyl/N-ethyl adjacent to an activating group) is 1. The maximum atomic E-state index is 12.9. The maximum absolute atomic E-state index is 12.9. The van der Waals surface area contributed by atoms with E-state index in [0.29, 0.717) is 38.6 Å². The summed E-state index contributed by atoms with van der Waals surface area (Å²) in [7, 11) is 1.84. The van der Waals surface area contributed by atoms with Gasteiger partial charge in [-0.05, 0) is 31.4 Å². The number of hydrogen-bond donors (Lipinski definition) is 0. The second-order valence-electron chi connectivity index (χ2n) is 7.85. The molecule has 1 aliphatic heterocycles. The van der Waals surface area contributed by atoms with Crippen molar-refractivity contribution in [2.45, 2.75) is 57.4 Å². The van der Waals surface area contributed by atoms with Crippen molar-refractivity contribution in [3.8, 4) is 5.75 Å². The summed E-state index contributed by atoms with van der Waals surface area (Å²) in [5, 5.41) is 0. The van der Waals surface area contributed by atoms with Gasteiger partial charge in [-0.15, -0.1) is 0 Å². The fraction of sp³-hybridized carbons (Fsp3) is 0.636. The van der Waals surface area contributed by atoms with E-state index >= 15 is 0 Å². The fourth-order valence-electron chi connectivity index (χ4n) is 4.23. The van der Waals surface area contributed by atoms with Crippen LogP contribution in [0.25, 0.3) is 0 Å². The smallest absolute Gasteiger partial charge is 0.227 e.